The van der Waals surface area contributed by atoms with Gasteiger partial charge >= 0.3 is 6.09 Å². The Labute approximate surface area is 139 Å². The molecule has 0 saturated carbocycles. The summed E-state index contributed by atoms with van der Waals surface area (Å²) in [4.78, 5) is 20.1. The van der Waals surface area contributed by atoms with Gasteiger partial charge in [-0.1, -0.05) is 25.1 Å². The van der Waals surface area contributed by atoms with Crippen LogP contribution < -0.4 is 5.32 Å². The lowest BCUT2D eigenvalue weighted by molar-refractivity contribution is 0.150. The topological polar surface area (TPSA) is 81.4 Å². The van der Waals surface area contributed by atoms with Crippen LogP contribution in [0.1, 0.15) is 36.7 Å². The number of carbonyl (C=O) groups excluding carboxylic acids is 1. The third-order valence-corrected chi connectivity index (χ3v) is 4.93. The Morgan fingerprint density at radius 3 is 2.91 bits per heavy atom. The van der Waals surface area contributed by atoms with Gasteiger partial charge in [-0.25, -0.2) is 14.3 Å². The summed E-state index contributed by atoms with van der Waals surface area (Å²) in [5.74, 6) is 1.26. The lowest BCUT2D eigenvalue weighted by atomic mass is 10.1. The summed E-state index contributed by atoms with van der Waals surface area (Å²) in [6, 6.07) is 0. The minimum Gasteiger partial charge on any atom is -0.443 e. The number of hydrogen-bond donors (Lipinski definition) is 1. The van der Waals surface area contributed by atoms with Crippen molar-refractivity contribution < 1.29 is 9.53 Å². The largest absolute Gasteiger partial charge is 0.443 e. The number of amides is 1. The molecule has 3 heterocycles. The van der Waals surface area contributed by atoms with Crippen LogP contribution in [0.3, 0.4) is 0 Å². The molecule has 1 unspecified atom stereocenters. The highest BCUT2D eigenvalue weighted by Crippen LogP contribution is 2.21. The number of aryl methyl sites for hydroxylation is 2. The number of alkyl carbamates (subject to hydrolysis) is 1. The Bertz CT molecular complexity index is 730. The lowest BCUT2D eigenvalue weighted by Gasteiger charge is -2.09. The van der Waals surface area contributed by atoms with E-state index in [0.717, 1.165) is 30.7 Å². The maximum absolute atomic E-state index is 11.0. The third kappa shape index (κ3) is 3.41. The van der Waals surface area contributed by atoms with E-state index < -0.39 is 0 Å². The first-order valence-electron chi connectivity index (χ1n) is 7.88. The maximum Gasteiger partial charge on any atom is 0.407 e. The highest BCUT2D eigenvalue weighted by atomic mass is 32.2. The molecule has 1 N–H and O–H groups in total. The predicted octanol–water partition coefficient (Wildman–Crippen LogP) is 2.28. The summed E-state index contributed by atoms with van der Waals surface area (Å²) in [5, 5.41) is 7.85. The van der Waals surface area contributed by atoms with Crippen molar-refractivity contribution in [2.24, 2.45) is 0 Å². The second-order valence-electron chi connectivity index (χ2n) is 5.69. The van der Waals surface area contributed by atoms with Crippen LogP contribution in [0.2, 0.25) is 0 Å². The molecule has 124 valence electrons. The van der Waals surface area contributed by atoms with Crippen LogP contribution in [0.15, 0.2) is 5.16 Å². The number of cyclic esters (lactones) is 1. The lowest BCUT2D eigenvalue weighted by Crippen LogP contribution is -2.16. The van der Waals surface area contributed by atoms with Crippen molar-refractivity contribution >= 4 is 23.6 Å². The summed E-state index contributed by atoms with van der Waals surface area (Å²) < 4.78 is 6.93. The molecule has 0 aromatic carbocycles. The molecule has 1 aliphatic rings. The van der Waals surface area contributed by atoms with Gasteiger partial charge in [-0.15, -0.1) is 5.10 Å². The summed E-state index contributed by atoms with van der Waals surface area (Å²) >= 11 is 1.48. The van der Waals surface area contributed by atoms with E-state index in [-0.39, 0.29) is 12.2 Å². The van der Waals surface area contributed by atoms with Crippen molar-refractivity contribution in [1.29, 1.82) is 0 Å². The fourth-order valence-corrected chi connectivity index (χ4v) is 3.47. The first-order valence-corrected chi connectivity index (χ1v) is 8.87. The summed E-state index contributed by atoms with van der Waals surface area (Å²) in [5.41, 5.74) is 3.39. The molecule has 0 bridgehead atoms. The number of nitrogens with zero attached hydrogens (tertiary/aromatic N) is 4. The molecule has 1 amide bonds. The van der Waals surface area contributed by atoms with Crippen LogP contribution in [0.5, 0.6) is 0 Å². The molecule has 1 saturated heterocycles. The second-order valence-corrected chi connectivity index (χ2v) is 6.68. The Balaban J connectivity index is 1.78. The van der Waals surface area contributed by atoms with E-state index in [0.29, 0.717) is 23.2 Å². The zero-order valence-corrected chi connectivity index (χ0v) is 14.4. The number of carbonyl (C=O) groups is 1. The molecule has 0 aliphatic carbocycles. The molecule has 0 spiro atoms. The highest BCUT2D eigenvalue weighted by Gasteiger charge is 2.23. The molecule has 1 aliphatic heterocycles. The standard InChI is InChI=1S/C15H21N5O2S/c1-4-5-6-12-9(2)17-13-18-14(19-20(13)10(12)3)23-8-11-7-16-15(21)22-11/h11H,4-8H2,1-3H3,(H,16,21). The molecule has 1 fully saturated rings. The monoisotopic (exact) mass is 335 g/mol. The molecular formula is C15H21N5O2S. The van der Waals surface area contributed by atoms with Gasteiger partial charge in [0.25, 0.3) is 5.78 Å². The molecular weight excluding hydrogens is 314 g/mol. The zero-order chi connectivity index (χ0) is 16.4. The van der Waals surface area contributed by atoms with E-state index in [1.165, 1.54) is 17.3 Å². The van der Waals surface area contributed by atoms with Gasteiger partial charge in [0.1, 0.15) is 6.10 Å². The summed E-state index contributed by atoms with van der Waals surface area (Å²) in [6.45, 7) is 6.82. The molecule has 7 nitrogen and oxygen atoms in total. The maximum atomic E-state index is 11.0. The van der Waals surface area contributed by atoms with E-state index in [9.17, 15) is 4.79 Å². The van der Waals surface area contributed by atoms with E-state index in [1.807, 2.05) is 11.4 Å². The van der Waals surface area contributed by atoms with Gasteiger partial charge in [0.15, 0.2) is 0 Å². The van der Waals surface area contributed by atoms with Crippen LogP contribution in [0, 0.1) is 13.8 Å². The summed E-state index contributed by atoms with van der Waals surface area (Å²) in [7, 11) is 0. The van der Waals surface area contributed by atoms with Crippen LogP contribution in [-0.4, -0.2) is 44.1 Å². The second kappa shape index (κ2) is 6.74. The molecule has 0 radical (unpaired) electrons. The van der Waals surface area contributed by atoms with E-state index in [2.05, 4.69) is 34.2 Å². The number of hydrogen-bond acceptors (Lipinski definition) is 6. The first-order chi connectivity index (χ1) is 11.1. The van der Waals surface area contributed by atoms with Gasteiger partial charge in [-0.3, -0.25) is 0 Å². The van der Waals surface area contributed by atoms with Crippen molar-refractivity contribution in [3.63, 3.8) is 0 Å². The van der Waals surface area contributed by atoms with Crippen molar-refractivity contribution in [2.75, 3.05) is 12.3 Å². The van der Waals surface area contributed by atoms with Crippen LogP contribution >= 0.6 is 11.8 Å². The first kappa shape index (κ1) is 16.0. The van der Waals surface area contributed by atoms with Crippen molar-refractivity contribution in [1.82, 2.24) is 24.9 Å². The third-order valence-electron chi connectivity index (χ3n) is 3.96. The number of aromatic nitrogens is 4. The predicted molar refractivity (Wildman–Crippen MR) is 87.9 cm³/mol. The molecule has 2 aromatic heterocycles. The van der Waals surface area contributed by atoms with Gasteiger partial charge in [-0.05, 0) is 32.3 Å². The quantitative estimate of drug-likeness (QED) is 0.816. The highest BCUT2D eigenvalue weighted by molar-refractivity contribution is 7.99. The molecule has 1 atom stereocenters. The van der Waals surface area contributed by atoms with Crippen LogP contribution in [0.4, 0.5) is 4.79 Å². The molecule has 2 aromatic rings. The number of rotatable bonds is 6. The summed E-state index contributed by atoms with van der Waals surface area (Å²) in [6.07, 6.45) is 2.83. The fourth-order valence-electron chi connectivity index (χ4n) is 2.66. The normalized spacial score (nSPS) is 17.5. The van der Waals surface area contributed by atoms with E-state index in [1.54, 1.807) is 0 Å². The number of nitrogens with one attached hydrogen (secondary N) is 1. The van der Waals surface area contributed by atoms with Crippen LogP contribution in [-0.2, 0) is 11.2 Å². The average molecular weight is 335 g/mol. The Kier molecular flexibility index (Phi) is 4.70. The smallest absolute Gasteiger partial charge is 0.407 e. The molecule has 8 heteroatoms. The minimum atomic E-state index is -0.354. The molecule has 3 rings (SSSR count). The van der Waals surface area contributed by atoms with Gasteiger partial charge in [-0.2, -0.15) is 4.98 Å². The minimum absolute atomic E-state index is 0.130. The Morgan fingerprint density at radius 2 is 2.22 bits per heavy atom. The van der Waals surface area contributed by atoms with E-state index >= 15 is 0 Å². The van der Waals surface area contributed by atoms with Gasteiger partial charge < -0.3 is 10.1 Å². The van der Waals surface area contributed by atoms with Crippen molar-refractivity contribution in [3.8, 4) is 0 Å². The number of ether oxygens (including phenoxy) is 1. The van der Waals surface area contributed by atoms with Crippen molar-refractivity contribution in [2.45, 2.75) is 51.3 Å². The van der Waals surface area contributed by atoms with Crippen LogP contribution in [0.25, 0.3) is 5.78 Å². The fraction of sp³-hybridized carbons (Fsp3) is 0.600. The number of thioether (sulfide) groups is 1. The number of unbranched alkanes of at least 4 members (excludes halogenated alkanes) is 1. The Hall–Kier alpha value is -1.83. The van der Waals surface area contributed by atoms with E-state index in [4.69, 9.17) is 4.74 Å². The van der Waals surface area contributed by atoms with Gasteiger partial charge in [0, 0.05) is 17.1 Å². The zero-order valence-electron chi connectivity index (χ0n) is 13.6. The SMILES string of the molecule is CCCCc1c(C)nc2nc(SCC3CNC(=O)O3)nn2c1C. The van der Waals surface area contributed by atoms with Crippen molar-refractivity contribution in [3.05, 3.63) is 17.0 Å². The van der Waals surface area contributed by atoms with Gasteiger partial charge in [0.2, 0.25) is 5.16 Å². The molecule has 23 heavy (non-hydrogen) atoms. The van der Waals surface area contributed by atoms with Gasteiger partial charge in [0.05, 0.1) is 6.54 Å². The average Bonchev–Trinajstić information content (AvgIpc) is 3.11. The number of fused-ring (bicyclic) bond motifs is 1. The Morgan fingerprint density at radius 1 is 1.39 bits per heavy atom.